The summed E-state index contributed by atoms with van der Waals surface area (Å²) in [6.45, 7) is 0. The van der Waals surface area contributed by atoms with Crippen molar-refractivity contribution in [2.24, 2.45) is 5.73 Å². The summed E-state index contributed by atoms with van der Waals surface area (Å²) in [6, 6.07) is 13.1. The molecule has 2 aromatic carbocycles. The van der Waals surface area contributed by atoms with Crippen LogP contribution in [0.4, 0.5) is 0 Å². The first kappa shape index (κ1) is 13.1. The predicted molar refractivity (Wildman–Crippen MR) is 82.2 cm³/mol. The normalized spacial score (nSPS) is 10.5. The number of amides is 1. The van der Waals surface area contributed by atoms with E-state index >= 15 is 0 Å². The Labute approximate surface area is 122 Å². The van der Waals surface area contributed by atoms with Crippen LogP contribution in [0.3, 0.4) is 0 Å². The fourth-order valence-corrected chi connectivity index (χ4v) is 2.52. The van der Waals surface area contributed by atoms with Crippen LogP contribution in [-0.4, -0.2) is 18.0 Å². The second-order valence-electron chi connectivity index (χ2n) is 4.65. The van der Waals surface area contributed by atoms with E-state index in [0.29, 0.717) is 16.9 Å². The van der Waals surface area contributed by atoms with E-state index in [1.54, 1.807) is 31.6 Å². The number of nitrogens with two attached hydrogens (primary N) is 1. The monoisotopic (exact) mass is 278 g/mol. The van der Waals surface area contributed by atoms with Crippen molar-refractivity contribution < 1.29 is 9.53 Å². The molecule has 0 fully saturated rings. The maximum Gasteiger partial charge on any atom is 0.249 e. The smallest absolute Gasteiger partial charge is 0.249 e. The fraction of sp³-hybridized carbons (Fsp3) is 0.0588. The Hall–Kier alpha value is -2.88. The van der Waals surface area contributed by atoms with Crippen LogP contribution in [0, 0.1) is 0 Å². The highest BCUT2D eigenvalue weighted by molar-refractivity contribution is 6.06. The molecule has 0 spiro atoms. The summed E-state index contributed by atoms with van der Waals surface area (Å²) >= 11 is 0. The van der Waals surface area contributed by atoms with Crippen molar-refractivity contribution in [1.29, 1.82) is 0 Å². The number of hydrogen-bond donors (Lipinski definition) is 1. The van der Waals surface area contributed by atoms with Crippen molar-refractivity contribution in [2.45, 2.75) is 0 Å². The number of fused-ring (bicyclic) bond motifs is 1. The van der Waals surface area contributed by atoms with Gasteiger partial charge in [0, 0.05) is 23.3 Å². The molecule has 1 heterocycles. The lowest BCUT2D eigenvalue weighted by atomic mass is 9.94. The van der Waals surface area contributed by atoms with E-state index in [1.165, 1.54) is 0 Å². The Bertz CT molecular complexity index is 823. The summed E-state index contributed by atoms with van der Waals surface area (Å²) in [7, 11) is 1.58. The van der Waals surface area contributed by atoms with Crippen LogP contribution in [0.15, 0.2) is 54.9 Å². The SMILES string of the molecule is COc1cccc(C(N)=O)c1-c1cccc2cnccc12. The number of hydrogen-bond acceptors (Lipinski definition) is 3. The van der Waals surface area contributed by atoms with Gasteiger partial charge in [-0.25, -0.2) is 0 Å². The first-order valence-electron chi connectivity index (χ1n) is 6.52. The molecule has 1 aromatic heterocycles. The number of rotatable bonds is 3. The zero-order chi connectivity index (χ0) is 14.8. The van der Waals surface area contributed by atoms with E-state index in [9.17, 15) is 4.79 Å². The maximum atomic E-state index is 11.8. The highest BCUT2D eigenvalue weighted by atomic mass is 16.5. The zero-order valence-electron chi connectivity index (χ0n) is 11.5. The van der Waals surface area contributed by atoms with Crippen LogP contribution in [0.2, 0.25) is 0 Å². The minimum atomic E-state index is -0.477. The summed E-state index contributed by atoms with van der Waals surface area (Å²) in [5.41, 5.74) is 7.57. The largest absolute Gasteiger partial charge is 0.496 e. The molecule has 21 heavy (non-hydrogen) atoms. The average Bonchev–Trinajstić information content (AvgIpc) is 2.53. The molecule has 0 bridgehead atoms. The van der Waals surface area contributed by atoms with Crippen molar-refractivity contribution in [3.8, 4) is 16.9 Å². The Morgan fingerprint density at radius 1 is 1.14 bits per heavy atom. The van der Waals surface area contributed by atoms with E-state index in [4.69, 9.17) is 10.5 Å². The van der Waals surface area contributed by atoms with E-state index < -0.39 is 5.91 Å². The number of ether oxygens (including phenoxy) is 1. The Kier molecular flexibility index (Phi) is 3.28. The lowest BCUT2D eigenvalue weighted by Gasteiger charge is -2.14. The number of pyridine rings is 1. The minimum absolute atomic E-state index is 0.443. The molecule has 0 saturated heterocycles. The highest BCUT2D eigenvalue weighted by Gasteiger charge is 2.16. The van der Waals surface area contributed by atoms with Crippen molar-refractivity contribution >= 4 is 16.7 Å². The Balaban J connectivity index is 2.40. The van der Waals surface area contributed by atoms with Gasteiger partial charge in [-0.15, -0.1) is 0 Å². The summed E-state index contributed by atoms with van der Waals surface area (Å²) in [5.74, 6) is 0.144. The molecule has 0 aliphatic rings. The third-order valence-corrected chi connectivity index (χ3v) is 3.46. The number of benzene rings is 2. The van der Waals surface area contributed by atoms with E-state index in [0.717, 1.165) is 16.3 Å². The summed E-state index contributed by atoms with van der Waals surface area (Å²) in [5, 5.41) is 2.00. The quantitative estimate of drug-likeness (QED) is 0.801. The number of methoxy groups -OCH3 is 1. The van der Waals surface area contributed by atoms with Gasteiger partial charge in [-0.3, -0.25) is 9.78 Å². The number of aromatic nitrogens is 1. The second-order valence-corrected chi connectivity index (χ2v) is 4.65. The molecule has 0 aliphatic heterocycles. The van der Waals surface area contributed by atoms with Gasteiger partial charge in [0.15, 0.2) is 0 Å². The van der Waals surface area contributed by atoms with Gasteiger partial charge in [0.05, 0.1) is 12.7 Å². The molecule has 3 rings (SSSR count). The number of nitrogens with zero attached hydrogens (tertiary/aromatic N) is 1. The van der Waals surface area contributed by atoms with E-state index in [1.807, 2.05) is 30.3 Å². The summed E-state index contributed by atoms with van der Waals surface area (Å²) in [6.07, 6.45) is 3.52. The molecule has 0 aliphatic carbocycles. The van der Waals surface area contributed by atoms with Crippen LogP contribution in [0.25, 0.3) is 21.9 Å². The number of carbonyl (C=O) groups excluding carboxylic acids is 1. The third kappa shape index (κ3) is 2.21. The molecular weight excluding hydrogens is 264 g/mol. The molecule has 2 N–H and O–H groups in total. The third-order valence-electron chi connectivity index (χ3n) is 3.46. The highest BCUT2D eigenvalue weighted by Crippen LogP contribution is 2.37. The van der Waals surface area contributed by atoms with Gasteiger partial charge < -0.3 is 10.5 Å². The van der Waals surface area contributed by atoms with Gasteiger partial charge in [0.1, 0.15) is 5.75 Å². The molecule has 4 heteroatoms. The lowest BCUT2D eigenvalue weighted by molar-refractivity contribution is 0.100. The van der Waals surface area contributed by atoms with Gasteiger partial charge in [0.2, 0.25) is 5.91 Å². The van der Waals surface area contributed by atoms with E-state index in [-0.39, 0.29) is 0 Å². The lowest BCUT2D eigenvalue weighted by Crippen LogP contribution is -2.13. The first-order valence-corrected chi connectivity index (χ1v) is 6.52. The zero-order valence-corrected chi connectivity index (χ0v) is 11.5. The molecule has 0 atom stereocenters. The van der Waals surface area contributed by atoms with Crippen LogP contribution in [0.5, 0.6) is 5.75 Å². The topological polar surface area (TPSA) is 65.2 Å². The summed E-state index contributed by atoms with van der Waals surface area (Å²) in [4.78, 5) is 15.9. The van der Waals surface area contributed by atoms with Crippen molar-refractivity contribution in [1.82, 2.24) is 4.98 Å². The van der Waals surface area contributed by atoms with Crippen molar-refractivity contribution in [3.63, 3.8) is 0 Å². The van der Waals surface area contributed by atoms with Gasteiger partial charge in [-0.2, -0.15) is 0 Å². The minimum Gasteiger partial charge on any atom is -0.496 e. The number of carbonyl (C=O) groups is 1. The molecule has 0 saturated carbocycles. The predicted octanol–water partition coefficient (Wildman–Crippen LogP) is 3.01. The first-order chi connectivity index (χ1) is 10.2. The maximum absolute atomic E-state index is 11.8. The molecular formula is C17H14N2O2. The summed E-state index contributed by atoms with van der Waals surface area (Å²) < 4.78 is 5.42. The molecule has 0 unspecified atom stereocenters. The molecule has 4 nitrogen and oxygen atoms in total. The Morgan fingerprint density at radius 2 is 1.95 bits per heavy atom. The molecule has 3 aromatic rings. The van der Waals surface area contributed by atoms with Crippen molar-refractivity contribution in [3.05, 3.63) is 60.4 Å². The van der Waals surface area contributed by atoms with Crippen LogP contribution >= 0.6 is 0 Å². The van der Waals surface area contributed by atoms with Crippen LogP contribution in [0.1, 0.15) is 10.4 Å². The average molecular weight is 278 g/mol. The number of primary amides is 1. The van der Waals surface area contributed by atoms with Gasteiger partial charge in [0.25, 0.3) is 0 Å². The van der Waals surface area contributed by atoms with Crippen LogP contribution < -0.4 is 10.5 Å². The van der Waals surface area contributed by atoms with E-state index in [2.05, 4.69) is 4.98 Å². The van der Waals surface area contributed by atoms with Crippen molar-refractivity contribution in [2.75, 3.05) is 7.11 Å². The Morgan fingerprint density at radius 3 is 2.71 bits per heavy atom. The molecule has 1 amide bonds. The molecule has 0 radical (unpaired) electrons. The molecule has 104 valence electrons. The van der Waals surface area contributed by atoms with Crippen LogP contribution in [-0.2, 0) is 0 Å². The standard InChI is InChI=1S/C17H14N2O2/c1-21-15-7-3-6-14(17(18)20)16(15)13-5-2-4-11-10-19-9-8-12(11)13/h2-10H,1H3,(H2,18,20). The van der Waals surface area contributed by atoms with Gasteiger partial charge >= 0.3 is 0 Å². The second kappa shape index (κ2) is 5.25. The fourth-order valence-electron chi connectivity index (χ4n) is 2.52. The van der Waals surface area contributed by atoms with Gasteiger partial charge in [-0.1, -0.05) is 24.3 Å². The van der Waals surface area contributed by atoms with Gasteiger partial charge in [-0.05, 0) is 29.1 Å².